The second kappa shape index (κ2) is 6.95. The van der Waals surface area contributed by atoms with E-state index in [2.05, 4.69) is 15.3 Å². The Labute approximate surface area is 134 Å². The zero-order chi connectivity index (χ0) is 16.1. The number of anilines is 1. The molecule has 1 fully saturated rings. The molecule has 1 atom stereocenters. The molecule has 0 aliphatic carbocycles. The maximum absolute atomic E-state index is 12.3. The SMILES string of the molecule is COc1cccc(NC(=O)N2CCC(Oc3cnccn3)C2)c1. The molecule has 120 valence electrons. The molecule has 1 aliphatic rings. The summed E-state index contributed by atoms with van der Waals surface area (Å²) in [7, 11) is 1.59. The van der Waals surface area contributed by atoms with Gasteiger partial charge in [-0.3, -0.25) is 4.98 Å². The van der Waals surface area contributed by atoms with Gasteiger partial charge in [-0.05, 0) is 12.1 Å². The van der Waals surface area contributed by atoms with Gasteiger partial charge in [0.2, 0.25) is 5.88 Å². The summed E-state index contributed by atoms with van der Waals surface area (Å²) in [6.45, 7) is 1.16. The van der Waals surface area contributed by atoms with Crippen molar-refractivity contribution >= 4 is 11.7 Å². The van der Waals surface area contributed by atoms with E-state index >= 15 is 0 Å². The predicted molar refractivity (Wildman–Crippen MR) is 84.7 cm³/mol. The van der Waals surface area contributed by atoms with Crippen molar-refractivity contribution in [3.63, 3.8) is 0 Å². The fraction of sp³-hybridized carbons (Fsp3) is 0.312. The maximum Gasteiger partial charge on any atom is 0.321 e. The summed E-state index contributed by atoms with van der Waals surface area (Å²) in [5.41, 5.74) is 0.702. The minimum absolute atomic E-state index is 0.0669. The number of benzene rings is 1. The van der Waals surface area contributed by atoms with E-state index in [4.69, 9.17) is 9.47 Å². The number of carbonyl (C=O) groups excluding carboxylic acids is 1. The molecule has 1 unspecified atom stereocenters. The molecular formula is C16H18N4O3. The average Bonchev–Trinajstić information content (AvgIpc) is 3.04. The van der Waals surface area contributed by atoms with Crippen LogP contribution >= 0.6 is 0 Å². The first-order chi connectivity index (χ1) is 11.2. The van der Waals surface area contributed by atoms with Crippen LogP contribution in [-0.4, -0.2) is 47.2 Å². The molecule has 0 spiro atoms. The molecule has 23 heavy (non-hydrogen) atoms. The highest BCUT2D eigenvalue weighted by Crippen LogP contribution is 2.19. The van der Waals surface area contributed by atoms with Crippen LogP contribution < -0.4 is 14.8 Å². The maximum atomic E-state index is 12.3. The first-order valence-corrected chi connectivity index (χ1v) is 7.37. The van der Waals surface area contributed by atoms with Crippen LogP contribution in [0.5, 0.6) is 11.6 Å². The molecule has 2 aromatic rings. The molecule has 7 nitrogen and oxygen atoms in total. The predicted octanol–water partition coefficient (Wildman–Crippen LogP) is 2.17. The highest BCUT2D eigenvalue weighted by atomic mass is 16.5. The van der Waals surface area contributed by atoms with Crippen LogP contribution in [0.4, 0.5) is 10.5 Å². The molecule has 0 radical (unpaired) electrons. The van der Waals surface area contributed by atoms with E-state index in [1.165, 1.54) is 0 Å². The Morgan fingerprint density at radius 3 is 3.09 bits per heavy atom. The van der Waals surface area contributed by atoms with E-state index < -0.39 is 0 Å². The van der Waals surface area contributed by atoms with Gasteiger partial charge in [0, 0.05) is 37.1 Å². The smallest absolute Gasteiger partial charge is 0.321 e. The first kappa shape index (κ1) is 15.1. The van der Waals surface area contributed by atoms with Crippen molar-refractivity contribution in [3.05, 3.63) is 42.9 Å². The molecule has 0 saturated carbocycles. The van der Waals surface area contributed by atoms with Crippen molar-refractivity contribution in [3.8, 4) is 11.6 Å². The van der Waals surface area contributed by atoms with Gasteiger partial charge in [0.25, 0.3) is 0 Å². The highest BCUT2D eigenvalue weighted by Gasteiger charge is 2.28. The number of amides is 2. The zero-order valence-electron chi connectivity index (χ0n) is 12.8. The molecule has 1 N–H and O–H groups in total. The summed E-state index contributed by atoms with van der Waals surface area (Å²) in [5.74, 6) is 1.18. The van der Waals surface area contributed by atoms with Crippen molar-refractivity contribution in [2.45, 2.75) is 12.5 Å². The molecular weight excluding hydrogens is 296 g/mol. The van der Waals surface area contributed by atoms with Crippen molar-refractivity contribution < 1.29 is 14.3 Å². The largest absolute Gasteiger partial charge is 0.497 e. The van der Waals surface area contributed by atoms with Gasteiger partial charge in [-0.2, -0.15) is 0 Å². The minimum Gasteiger partial charge on any atom is -0.497 e. The van der Waals surface area contributed by atoms with E-state index in [-0.39, 0.29) is 12.1 Å². The summed E-state index contributed by atoms with van der Waals surface area (Å²) in [6.07, 6.45) is 5.44. The Morgan fingerprint density at radius 2 is 2.30 bits per heavy atom. The van der Waals surface area contributed by atoms with Crippen LogP contribution in [0.2, 0.25) is 0 Å². The van der Waals surface area contributed by atoms with Gasteiger partial charge in [0.15, 0.2) is 0 Å². The second-order valence-electron chi connectivity index (χ2n) is 5.18. The molecule has 2 heterocycles. The average molecular weight is 314 g/mol. The number of nitrogens with zero attached hydrogens (tertiary/aromatic N) is 3. The van der Waals surface area contributed by atoms with Gasteiger partial charge in [-0.15, -0.1) is 0 Å². The third-order valence-corrected chi connectivity index (χ3v) is 3.58. The second-order valence-corrected chi connectivity index (χ2v) is 5.18. The van der Waals surface area contributed by atoms with Crippen LogP contribution in [0.3, 0.4) is 0 Å². The Balaban J connectivity index is 1.55. The number of ether oxygens (including phenoxy) is 2. The van der Waals surface area contributed by atoms with Crippen molar-refractivity contribution in [1.29, 1.82) is 0 Å². The van der Waals surface area contributed by atoms with Gasteiger partial charge >= 0.3 is 6.03 Å². The molecule has 1 aromatic carbocycles. The number of carbonyl (C=O) groups is 1. The van der Waals surface area contributed by atoms with Crippen molar-refractivity contribution in [2.75, 3.05) is 25.5 Å². The summed E-state index contributed by atoms with van der Waals surface area (Å²) in [5, 5.41) is 2.87. The molecule has 1 aromatic heterocycles. The number of rotatable bonds is 4. The lowest BCUT2D eigenvalue weighted by Crippen LogP contribution is -2.34. The summed E-state index contributed by atoms with van der Waals surface area (Å²) in [4.78, 5) is 22.1. The zero-order valence-corrected chi connectivity index (χ0v) is 12.8. The van der Waals surface area contributed by atoms with Crippen LogP contribution in [0.25, 0.3) is 0 Å². The number of likely N-dealkylation sites (tertiary alicyclic amines) is 1. The standard InChI is InChI=1S/C16H18N4O3/c1-22-13-4-2-3-12(9-13)19-16(21)20-8-5-14(11-20)23-15-10-17-6-7-18-15/h2-4,6-7,9-10,14H,5,8,11H2,1H3,(H,19,21). The van der Waals surface area contributed by atoms with Crippen LogP contribution in [0.1, 0.15) is 6.42 Å². The Morgan fingerprint density at radius 1 is 1.39 bits per heavy atom. The molecule has 0 bridgehead atoms. The lowest BCUT2D eigenvalue weighted by Gasteiger charge is -2.17. The normalized spacial score (nSPS) is 16.9. The topological polar surface area (TPSA) is 76.6 Å². The Hall–Kier alpha value is -2.83. The van der Waals surface area contributed by atoms with Gasteiger partial charge < -0.3 is 19.7 Å². The fourth-order valence-corrected chi connectivity index (χ4v) is 2.43. The molecule has 1 aliphatic heterocycles. The van der Waals surface area contributed by atoms with Gasteiger partial charge in [0.1, 0.15) is 11.9 Å². The lowest BCUT2D eigenvalue weighted by atomic mass is 10.3. The third kappa shape index (κ3) is 3.88. The van der Waals surface area contributed by atoms with Gasteiger partial charge in [-0.1, -0.05) is 6.07 Å². The number of methoxy groups -OCH3 is 1. The summed E-state index contributed by atoms with van der Waals surface area (Å²) < 4.78 is 10.9. The lowest BCUT2D eigenvalue weighted by molar-refractivity contribution is 0.189. The van der Waals surface area contributed by atoms with Gasteiger partial charge in [-0.25, -0.2) is 9.78 Å². The van der Waals surface area contributed by atoms with E-state index in [0.717, 1.165) is 6.42 Å². The number of hydrogen-bond donors (Lipinski definition) is 1. The monoisotopic (exact) mass is 314 g/mol. The molecule has 1 saturated heterocycles. The van der Waals surface area contributed by atoms with Crippen molar-refractivity contribution in [1.82, 2.24) is 14.9 Å². The summed E-state index contributed by atoms with van der Waals surface area (Å²) >= 11 is 0. The van der Waals surface area contributed by atoms with E-state index in [9.17, 15) is 4.79 Å². The first-order valence-electron chi connectivity index (χ1n) is 7.37. The Bertz CT molecular complexity index is 665. The third-order valence-electron chi connectivity index (χ3n) is 3.58. The number of nitrogens with one attached hydrogen (secondary N) is 1. The summed E-state index contributed by atoms with van der Waals surface area (Å²) in [6, 6.07) is 7.11. The quantitative estimate of drug-likeness (QED) is 0.936. The number of urea groups is 1. The highest BCUT2D eigenvalue weighted by molar-refractivity contribution is 5.89. The minimum atomic E-state index is -0.150. The van der Waals surface area contributed by atoms with Gasteiger partial charge in [0.05, 0.1) is 19.9 Å². The van der Waals surface area contributed by atoms with E-state index in [1.54, 1.807) is 36.7 Å². The molecule has 2 amide bonds. The van der Waals surface area contributed by atoms with E-state index in [0.29, 0.717) is 30.4 Å². The molecule has 7 heteroatoms. The Kier molecular flexibility index (Phi) is 4.56. The fourth-order valence-electron chi connectivity index (χ4n) is 2.43. The molecule has 3 rings (SSSR count). The number of hydrogen-bond acceptors (Lipinski definition) is 5. The van der Waals surface area contributed by atoms with Crippen molar-refractivity contribution in [2.24, 2.45) is 0 Å². The van der Waals surface area contributed by atoms with Crippen LogP contribution in [0.15, 0.2) is 42.9 Å². The van der Waals surface area contributed by atoms with Crippen LogP contribution in [-0.2, 0) is 0 Å². The van der Waals surface area contributed by atoms with E-state index in [1.807, 2.05) is 18.2 Å². The van der Waals surface area contributed by atoms with Crippen LogP contribution in [0, 0.1) is 0 Å². The number of aromatic nitrogens is 2.